The topological polar surface area (TPSA) is 89.9 Å². The SMILES string of the molecule is Cn1nc(-c2ccc3c(c2)CCN3C(=O)Cc2ccc(F)c(Cl)c2)c2c(N)ncnc21. The molecule has 0 atom stereocenters. The minimum absolute atomic E-state index is 0.0163. The minimum atomic E-state index is -0.495. The summed E-state index contributed by atoms with van der Waals surface area (Å²) in [5.74, 6) is -0.177. The van der Waals surface area contributed by atoms with Crippen molar-refractivity contribution >= 4 is 40.0 Å². The summed E-state index contributed by atoms with van der Waals surface area (Å²) in [5, 5.41) is 5.31. The van der Waals surface area contributed by atoms with Crippen LogP contribution in [0.4, 0.5) is 15.9 Å². The first kappa shape index (κ1) is 19.4. The number of halogens is 2. The van der Waals surface area contributed by atoms with Crippen molar-refractivity contribution in [3.05, 3.63) is 64.7 Å². The smallest absolute Gasteiger partial charge is 0.231 e. The monoisotopic (exact) mass is 436 g/mol. The number of hydrogen-bond acceptors (Lipinski definition) is 5. The van der Waals surface area contributed by atoms with Gasteiger partial charge in [0.1, 0.15) is 23.7 Å². The third-order valence-corrected chi connectivity index (χ3v) is 5.83. The Morgan fingerprint density at radius 2 is 2.06 bits per heavy atom. The fourth-order valence-corrected chi connectivity index (χ4v) is 4.24. The van der Waals surface area contributed by atoms with Crippen LogP contribution in [0.25, 0.3) is 22.3 Å². The number of carbonyl (C=O) groups is 1. The van der Waals surface area contributed by atoms with Crippen LogP contribution >= 0.6 is 11.6 Å². The molecule has 0 radical (unpaired) electrons. The van der Waals surface area contributed by atoms with Gasteiger partial charge >= 0.3 is 0 Å². The Bertz CT molecular complexity index is 1350. The highest BCUT2D eigenvalue weighted by molar-refractivity contribution is 6.30. The van der Waals surface area contributed by atoms with Crippen LogP contribution in [0.2, 0.25) is 5.02 Å². The van der Waals surface area contributed by atoms with Gasteiger partial charge in [0.2, 0.25) is 5.91 Å². The Morgan fingerprint density at radius 1 is 1.23 bits per heavy atom. The van der Waals surface area contributed by atoms with E-state index in [0.717, 1.165) is 23.2 Å². The number of fused-ring (bicyclic) bond motifs is 2. The molecule has 0 unspecified atom stereocenters. The van der Waals surface area contributed by atoms with Crippen molar-refractivity contribution in [2.24, 2.45) is 7.05 Å². The van der Waals surface area contributed by atoms with Gasteiger partial charge in [-0.3, -0.25) is 4.79 Å². The maximum atomic E-state index is 13.4. The van der Waals surface area contributed by atoms with Gasteiger partial charge in [0, 0.05) is 24.8 Å². The van der Waals surface area contributed by atoms with Crippen LogP contribution in [0.15, 0.2) is 42.7 Å². The summed E-state index contributed by atoms with van der Waals surface area (Å²) in [4.78, 5) is 23.0. The number of nitrogens with zero attached hydrogens (tertiary/aromatic N) is 5. The van der Waals surface area contributed by atoms with Crippen molar-refractivity contribution in [1.29, 1.82) is 0 Å². The largest absolute Gasteiger partial charge is 0.383 e. The number of amides is 1. The van der Waals surface area contributed by atoms with Crippen molar-refractivity contribution in [2.75, 3.05) is 17.2 Å². The number of nitrogen functional groups attached to an aromatic ring is 1. The van der Waals surface area contributed by atoms with Crippen LogP contribution in [-0.2, 0) is 24.7 Å². The van der Waals surface area contributed by atoms with Gasteiger partial charge in [-0.25, -0.2) is 19.0 Å². The summed E-state index contributed by atoms with van der Waals surface area (Å²) in [6.45, 7) is 0.584. The van der Waals surface area contributed by atoms with E-state index in [1.165, 1.54) is 18.5 Å². The molecule has 0 spiro atoms. The van der Waals surface area contributed by atoms with Gasteiger partial charge in [0.05, 0.1) is 16.8 Å². The lowest BCUT2D eigenvalue weighted by Crippen LogP contribution is -2.30. The number of anilines is 2. The molecule has 5 rings (SSSR count). The molecule has 1 aliphatic heterocycles. The molecule has 0 saturated carbocycles. The Labute approximate surface area is 182 Å². The Kier molecular flexibility index (Phi) is 4.59. The van der Waals surface area contributed by atoms with E-state index in [2.05, 4.69) is 15.1 Å². The van der Waals surface area contributed by atoms with E-state index < -0.39 is 5.82 Å². The number of aromatic nitrogens is 4. The molecule has 0 fully saturated rings. The third-order valence-electron chi connectivity index (χ3n) is 5.54. The number of aryl methyl sites for hydroxylation is 1. The second-order valence-electron chi connectivity index (χ2n) is 7.49. The zero-order valence-electron chi connectivity index (χ0n) is 16.6. The molecule has 2 aromatic carbocycles. The maximum absolute atomic E-state index is 13.4. The Hall–Kier alpha value is -3.52. The zero-order valence-corrected chi connectivity index (χ0v) is 17.4. The average molecular weight is 437 g/mol. The lowest BCUT2D eigenvalue weighted by atomic mass is 10.0. The van der Waals surface area contributed by atoms with Crippen molar-refractivity contribution < 1.29 is 9.18 Å². The third kappa shape index (κ3) is 3.29. The lowest BCUT2D eigenvalue weighted by Gasteiger charge is -2.18. The molecular weight excluding hydrogens is 419 g/mol. The zero-order chi connectivity index (χ0) is 21.7. The van der Waals surface area contributed by atoms with E-state index >= 15 is 0 Å². The number of carbonyl (C=O) groups excluding carboxylic acids is 1. The minimum Gasteiger partial charge on any atom is -0.383 e. The van der Waals surface area contributed by atoms with Crippen molar-refractivity contribution in [3.8, 4) is 11.3 Å². The van der Waals surface area contributed by atoms with Gasteiger partial charge in [0.15, 0.2) is 5.65 Å². The van der Waals surface area contributed by atoms with Crippen LogP contribution in [-0.4, -0.2) is 32.2 Å². The molecule has 0 bridgehead atoms. The first-order valence-electron chi connectivity index (χ1n) is 9.73. The summed E-state index contributed by atoms with van der Waals surface area (Å²) < 4.78 is 15.1. The predicted molar refractivity (Wildman–Crippen MR) is 117 cm³/mol. The molecule has 4 aromatic rings. The molecule has 1 aliphatic rings. The van der Waals surface area contributed by atoms with E-state index in [1.54, 1.807) is 15.6 Å². The maximum Gasteiger partial charge on any atom is 0.231 e. The second-order valence-corrected chi connectivity index (χ2v) is 7.90. The van der Waals surface area contributed by atoms with Crippen molar-refractivity contribution in [3.63, 3.8) is 0 Å². The van der Waals surface area contributed by atoms with Gasteiger partial charge in [-0.15, -0.1) is 0 Å². The van der Waals surface area contributed by atoms with E-state index in [-0.39, 0.29) is 17.4 Å². The predicted octanol–water partition coefficient (Wildman–Crippen LogP) is 3.54. The summed E-state index contributed by atoms with van der Waals surface area (Å²) in [6.07, 6.45) is 2.30. The van der Waals surface area contributed by atoms with Crippen LogP contribution in [0.5, 0.6) is 0 Å². The number of benzene rings is 2. The molecule has 1 amide bonds. The quantitative estimate of drug-likeness (QED) is 0.530. The first-order chi connectivity index (χ1) is 14.9. The summed E-state index contributed by atoms with van der Waals surface area (Å²) in [5.41, 5.74) is 11.0. The second kappa shape index (κ2) is 7.31. The molecular formula is C22H18ClFN6O. The number of hydrogen-bond donors (Lipinski definition) is 1. The molecule has 0 saturated heterocycles. The van der Waals surface area contributed by atoms with Crippen LogP contribution < -0.4 is 10.6 Å². The highest BCUT2D eigenvalue weighted by Gasteiger charge is 2.26. The molecule has 2 N–H and O–H groups in total. The van der Waals surface area contributed by atoms with Crippen molar-refractivity contribution in [2.45, 2.75) is 12.8 Å². The first-order valence-corrected chi connectivity index (χ1v) is 10.1. The summed E-state index contributed by atoms with van der Waals surface area (Å²) in [6, 6.07) is 10.2. The van der Waals surface area contributed by atoms with Crippen LogP contribution in [0.1, 0.15) is 11.1 Å². The number of rotatable bonds is 3. The van der Waals surface area contributed by atoms with Gasteiger partial charge in [-0.2, -0.15) is 5.10 Å². The molecule has 7 nitrogen and oxygen atoms in total. The fraction of sp³-hybridized carbons (Fsp3) is 0.182. The van der Waals surface area contributed by atoms with Gasteiger partial charge < -0.3 is 10.6 Å². The molecule has 0 aliphatic carbocycles. The molecule has 3 heterocycles. The highest BCUT2D eigenvalue weighted by Crippen LogP contribution is 2.35. The molecule has 2 aromatic heterocycles. The van der Waals surface area contributed by atoms with Crippen LogP contribution in [0, 0.1) is 5.82 Å². The molecule has 31 heavy (non-hydrogen) atoms. The highest BCUT2D eigenvalue weighted by atomic mass is 35.5. The van der Waals surface area contributed by atoms with Gasteiger partial charge in [0.25, 0.3) is 0 Å². The average Bonchev–Trinajstić information content (AvgIpc) is 3.32. The summed E-state index contributed by atoms with van der Waals surface area (Å²) >= 11 is 5.84. The Balaban J connectivity index is 1.45. The van der Waals surface area contributed by atoms with Crippen LogP contribution in [0.3, 0.4) is 0 Å². The van der Waals surface area contributed by atoms with E-state index in [0.29, 0.717) is 34.7 Å². The van der Waals surface area contributed by atoms with Crippen molar-refractivity contribution in [1.82, 2.24) is 19.7 Å². The lowest BCUT2D eigenvalue weighted by molar-refractivity contribution is -0.117. The Morgan fingerprint density at radius 3 is 2.87 bits per heavy atom. The number of nitrogens with two attached hydrogens (primary N) is 1. The molecule has 156 valence electrons. The fourth-order valence-electron chi connectivity index (χ4n) is 4.04. The normalized spacial score (nSPS) is 13.1. The van der Waals surface area contributed by atoms with E-state index in [1.807, 2.05) is 25.2 Å². The summed E-state index contributed by atoms with van der Waals surface area (Å²) in [7, 11) is 1.81. The van der Waals surface area contributed by atoms with Gasteiger partial charge in [-0.1, -0.05) is 23.7 Å². The van der Waals surface area contributed by atoms with E-state index in [4.69, 9.17) is 17.3 Å². The standard InChI is InChI=1S/C22H18ClFN6O/c1-29-22-19(21(25)26-11-27-22)20(28-29)14-3-5-17-13(10-14)6-7-30(17)18(31)9-12-2-4-16(24)15(23)8-12/h2-5,8,10-11H,6-7,9H2,1H3,(H2,25,26,27). The van der Waals surface area contributed by atoms with Gasteiger partial charge in [-0.05, 0) is 41.8 Å². The van der Waals surface area contributed by atoms with E-state index in [9.17, 15) is 9.18 Å². The molecule has 9 heteroatoms.